The molecule has 1 amide bonds. The van der Waals surface area contributed by atoms with Gasteiger partial charge >= 0.3 is 0 Å². The van der Waals surface area contributed by atoms with E-state index in [1.807, 2.05) is 18.7 Å². The van der Waals surface area contributed by atoms with Gasteiger partial charge in [0.15, 0.2) is 0 Å². The number of carbonyl (C=O) groups excluding carboxylic acids is 1. The standard InChI is InChI=1S/C14H28N2O2S/c1-4-14(5-2,11-17)10-15-13(18)12(3)16-6-8-19-9-7-16/h12,17H,4-11H2,1-3H3,(H,15,18). The van der Waals surface area contributed by atoms with Crippen molar-refractivity contribution in [3.05, 3.63) is 0 Å². The fraction of sp³-hybridized carbons (Fsp3) is 0.929. The molecule has 0 bridgehead atoms. The van der Waals surface area contributed by atoms with Gasteiger partial charge in [0.05, 0.1) is 12.6 Å². The zero-order valence-electron chi connectivity index (χ0n) is 12.4. The number of thioether (sulfide) groups is 1. The second-order valence-corrected chi connectivity index (χ2v) is 6.63. The Hall–Kier alpha value is -0.260. The highest BCUT2D eigenvalue weighted by molar-refractivity contribution is 7.99. The van der Waals surface area contributed by atoms with Crippen LogP contribution >= 0.6 is 11.8 Å². The van der Waals surface area contributed by atoms with Gasteiger partial charge in [0.25, 0.3) is 0 Å². The molecule has 0 saturated carbocycles. The lowest BCUT2D eigenvalue weighted by Crippen LogP contribution is -2.50. The third kappa shape index (κ3) is 4.65. The molecule has 1 unspecified atom stereocenters. The predicted molar refractivity (Wildman–Crippen MR) is 81.5 cm³/mol. The summed E-state index contributed by atoms with van der Waals surface area (Å²) >= 11 is 1.95. The van der Waals surface area contributed by atoms with Crippen LogP contribution in [0.15, 0.2) is 0 Å². The second kappa shape index (κ2) is 8.12. The molecular formula is C14H28N2O2S. The van der Waals surface area contributed by atoms with Gasteiger partial charge in [0.2, 0.25) is 5.91 Å². The Labute approximate surface area is 121 Å². The fourth-order valence-electron chi connectivity index (χ4n) is 2.33. The van der Waals surface area contributed by atoms with E-state index in [4.69, 9.17) is 0 Å². The Balaban J connectivity index is 2.45. The molecule has 0 spiro atoms. The Bertz CT molecular complexity index is 268. The van der Waals surface area contributed by atoms with E-state index in [1.165, 1.54) is 0 Å². The van der Waals surface area contributed by atoms with Crippen LogP contribution in [0, 0.1) is 5.41 Å². The van der Waals surface area contributed by atoms with Gasteiger partial charge < -0.3 is 10.4 Å². The molecule has 112 valence electrons. The molecule has 4 nitrogen and oxygen atoms in total. The maximum Gasteiger partial charge on any atom is 0.237 e. The van der Waals surface area contributed by atoms with Crippen molar-refractivity contribution >= 4 is 17.7 Å². The van der Waals surface area contributed by atoms with Gasteiger partial charge in [-0.15, -0.1) is 0 Å². The van der Waals surface area contributed by atoms with Crippen LogP contribution in [-0.4, -0.2) is 59.7 Å². The third-order valence-corrected chi connectivity index (χ3v) is 5.39. The summed E-state index contributed by atoms with van der Waals surface area (Å²) in [5, 5.41) is 12.5. The van der Waals surface area contributed by atoms with E-state index in [-0.39, 0.29) is 24.0 Å². The molecule has 0 aromatic rings. The predicted octanol–water partition coefficient (Wildman–Crippen LogP) is 1.34. The maximum absolute atomic E-state index is 12.2. The van der Waals surface area contributed by atoms with Crippen LogP contribution in [0.25, 0.3) is 0 Å². The fourth-order valence-corrected chi connectivity index (χ4v) is 3.26. The number of nitrogens with one attached hydrogen (secondary N) is 1. The number of hydrogen-bond donors (Lipinski definition) is 2. The smallest absolute Gasteiger partial charge is 0.237 e. The molecule has 0 aliphatic carbocycles. The number of rotatable bonds is 7. The zero-order chi connectivity index (χ0) is 14.3. The highest BCUT2D eigenvalue weighted by atomic mass is 32.2. The Morgan fingerprint density at radius 3 is 2.42 bits per heavy atom. The van der Waals surface area contributed by atoms with Gasteiger partial charge in [-0.05, 0) is 19.8 Å². The molecular weight excluding hydrogens is 260 g/mol. The van der Waals surface area contributed by atoms with Crippen LogP contribution in [0.5, 0.6) is 0 Å². The van der Waals surface area contributed by atoms with E-state index < -0.39 is 0 Å². The van der Waals surface area contributed by atoms with Crippen molar-refractivity contribution in [3.8, 4) is 0 Å². The highest BCUT2D eigenvalue weighted by Crippen LogP contribution is 2.24. The van der Waals surface area contributed by atoms with Gasteiger partial charge in [0.1, 0.15) is 0 Å². The molecule has 1 saturated heterocycles. The number of aliphatic hydroxyl groups excluding tert-OH is 1. The summed E-state index contributed by atoms with van der Waals surface area (Å²) < 4.78 is 0. The first-order valence-corrected chi connectivity index (χ1v) is 8.44. The molecule has 1 atom stereocenters. The molecule has 0 aromatic heterocycles. The lowest BCUT2D eigenvalue weighted by Gasteiger charge is -2.33. The van der Waals surface area contributed by atoms with Crippen molar-refractivity contribution in [2.75, 3.05) is 37.7 Å². The Morgan fingerprint density at radius 1 is 1.37 bits per heavy atom. The topological polar surface area (TPSA) is 52.6 Å². The molecule has 1 aliphatic rings. The normalized spacial score (nSPS) is 19.2. The van der Waals surface area contributed by atoms with Crippen LogP contribution in [0.3, 0.4) is 0 Å². The van der Waals surface area contributed by atoms with Crippen molar-refractivity contribution in [1.82, 2.24) is 10.2 Å². The lowest BCUT2D eigenvalue weighted by molar-refractivity contribution is -0.126. The van der Waals surface area contributed by atoms with Gasteiger partial charge in [-0.2, -0.15) is 11.8 Å². The van der Waals surface area contributed by atoms with Crippen LogP contribution in [-0.2, 0) is 4.79 Å². The van der Waals surface area contributed by atoms with E-state index in [0.717, 1.165) is 37.4 Å². The monoisotopic (exact) mass is 288 g/mol. The second-order valence-electron chi connectivity index (χ2n) is 5.41. The van der Waals surface area contributed by atoms with Crippen LogP contribution in [0.2, 0.25) is 0 Å². The number of amides is 1. The highest BCUT2D eigenvalue weighted by Gasteiger charge is 2.28. The summed E-state index contributed by atoms with van der Waals surface area (Å²) in [5.41, 5.74) is -0.160. The average Bonchev–Trinajstić information content (AvgIpc) is 2.49. The number of hydrogen-bond acceptors (Lipinski definition) is 4. The number of nitrogens with zero attached hydrogens (tertiary/aromatic N) is 1. The number of aliphatic hydroxyl groups is 1. The molecule has 2 N–H and O–H groups in total. The van der Waals surface area contributed by atoms with Crippen molar-refractivity contribution in [3.63, 3.8) is 0 Å². The average molecular weight is 288 g/mol. The Kier molecular flexibility index (Phi) is 7.18. The summed E-state index contributed by atoms with van der Waals surface area (Å²) in [6.45, 7) is 8.80. The zero-order valence-corrected chi connectivity index (χ0v) is 13.3. The largest absolute Gasteiger partial charge is 0.396 e. The quantitative estimate of drug-likeness (QED) is 0.742. The van der Waals surface area contributed by atoms with E-state index in [2.05, 4.69) is 24.1 Å². The summed E-state index contributed by atoms with van der Waals surface area (Å²) in [7, 11) is 0. The van der Waals surface area contributed by atoms with E-state index >= 15 is 0 Å². The van der Waals surface area contributed by atoms with E-state index in [9.17, 15) is 9.90 Å². The minimum atomic E-state index is -0.160. The first kappa shape index (κ1) is 16.8. The molecule has 1 heterocycles. The van der Waals surface area contributed by atoms with Gasteiger partial charge in [-0.3, -0.25) is 9.69 Å². The van der Waals surface area contributed by atoms with E-state index in [0.29, 0.717) is 6.54 Å². The van der Waals surface area contributed by atoms with Crippen molar-refractivity contribution in [2.45, 2.75) is 39.7 Å². The van der Waals surface area contributed by atoms with Crippen LogP contribution in [0.1, 0.15) is 33.6 Å². The maximum atomic E-state index is 12.2. The molecule has 0 aromatic carbocycles. The minimum Gasteiger partial charge on any atom is -0.396 e. The molecule has 1 rings (SSSR count). The summed E-state index contributed by atoms with van der Waals surface area (Å²) in [6.07, 6.45) is 1.77. The molecule has 5 heteroatoms. The lowest BCUT2D eigenvalue weighted by atomic mass is 9.83. The van der Waals surface area contributed by atoms with Gasteiger partial charge in [0, 0.05) is 36.6 Å². The number of carbonyl (C=O) groups is 1. The summed E-state index contributed by atoms with van der Waals surface area (Å²) in [4.78, 5) is 14.4. The first-order valence-electron chi connectivity index (χ1n) is 7.29. The van der Waals surface area contributed by atoms with Gasteiger partial charge in [-0.1, -0.05) is 13.8 Å². The molecule has 19 heavy (non-hydrogen) atoms. The van der Waals surface area contributed by atoms with Crippen LogP contribution in [0.4, 0.5) is 0 Å². The van der Waals surface area contributed by atoms with Crippen molar-refractivity contribution < 1.29 is 9.90 Å². The first-order chi connectivity index (χ1) is 9.08. The minimum absolute atomic E-state index is 0.0639. The molecule has 0 radical (unpaired) electrons. The van der Waals surface area contributed by atoms with Crippen molar-refractivity contribution in [1.29, 1.82) is 0 Å². The van der Waals surface area contributed by atoms with Gasteiger partial charge in [-0.25, -0.2) is 0 Å². The summed E-state index contributed by atoms with van der Waals surface area (Å²) in [5.74, 6) is 2.32. The molecule has 1 fully saturated rings. The van der Waals surface area contributed by atoms with E-state index in [1.54, 1.807) is 0 Å². The summed E-state index contributed by atoms with van der Waals surface area (Å²) in [6, 6.07) is -0.0639. The third-order valence-electron chi connectivity index (χ3n) is 4.45. The Morgan fingerprint density at radius 2 is 1.95 bits per heavy atom. The van der Waals surface area contributed by atoms with Crippen molar-refractivity contribution in [2.24, 2.45) is 5.41 Å². The molecule has 1 aliphatic heterocycles. The SMILES string of the molecule is CCC(CC)(CO)CNC(=O)C(C)N1CCSCC1. The van der Waals surface area contributed by atoms with Crippen LogP contribution < -0.4 is 5.32 Å².